The Balaban J connectivity index is 2.05. The molecule has 1 atom stereocenters. The highest BCUT2D eigenvalue weighted by molar-refractivity contribution is 7.19. The minimum atomic E-state index is 0.0775. The van der Waals surface area contributed by atoms with Crippen molar-refractivity contribution in [3.05, 3.63) is 10.9 Å². The average molecular weight is 387 g/mol. The maximum atomic E-state index is 8.98. The molecular formula is C20H30N6S. The van der Waals surface area contributed by atoms with E-state index in [1.54, 1.807) is 11.3 Å². The first-order valence-corrected chi connectivity index (χ1v) is 10.3. The van der Waals surface area contributed by atoms with Gasteiger partial charge in [-0.25, -0.2) is 4.98 Å². The molecule has 0 amide bonds. The van der Waals surface area contributed by atoms with Crippen LogP contribution in [0.2, 0.25) is 0 Å². The number of fused-ring (bicyclic) bond motifs is 1. The molecule has 0 N–H and O–H groups in total. The molecule has 3 rings (SSSR count). The molecule has 6 nitrogen and oxygen atoms in total. The van der Waals surface area contributed by atoms with Crippen LogP contribution in [0.4, 0.5) is 11.8 Å². The highest BCUT2D eigenvalue weighted by Crippen LogP contribution is 2.38. The molecule has 0 saturated carbocycles. The van der Waals surface area contributed by atoms with Gasteiger partial charge in [0.15, 0.2) is 5.82 Å². The zero-order chi connectivity index (χ0) is 19.8. The molecule has 0 unspecified atom stereocenters. The predicted octanol–water partition coefficient (Wildman–Crippen LogP) is 3.48. The van der Waals surface area contributed by atoms with Crippen molar-refractivity contribution in [2.24, 2.45) is 0 Å². The summed E-state index contributed by atoms with van der Waals surface area (Å²) in [6.07, 6.45) is 1.61. The molecule has 1 aliphatic rings. The fraction of sp³-hybridized carbons (Fsp3) is 0.650. The van der Waals surface area contributed by atoms with Crippen LogP contribution in [0.25, 0.3) is 10.2 Å². The van der Waals surface area contributed by atoms with Crippen molar-refractivity contribution in [1.29, 1.82) is 5.26 Å². The van der Waals surface area contributed by atoms with Gasteiger partial charge in [0, 0.05) is 38.1 Å². The zero-order valence-corrected chi connectivity index (χ0v) is 18.1. The SMILES string of the molecule is CN1CC[C@H](N(C)c2nc(N(C)CCC#N)c3sc(C(C)(C)C)cc3n2)C1. The van der Waals surface area contributed by atoms with E-state index in [0.717, 1.165) is 41.5 Å². The molecule has 0 spiro atoms. The molecule has 146 valence electrons. The third-order valence-electron chi connectivity index (χ3n) is 5.23. The van der Waals surface area contributed by atoms with Gasteiger partial charge in [-0.15, -0.1) is 11.3 Å². The number of likely N-dealkylation sites (N-methyl/N-ethyl adjacent to an activating group) is 2. The highest BCUT2D eigenvalue weighted by Gasteiger charge is 2.27. The molecule has 1 aliphatic heterocycles. The second kappa shape index (κ2) is 7.61. The van der Waals surface area contributed by atoms with Crippen molar-refractivity contribution in [2.75, 3.05) is 50.6 Å². The van der Waals surface area contributed by atoms with Crippen molar-refractivity contribution in [2.45, 2.75) is 45.1 Å². The Kier molecular flexibility index (Phi) is 5.59. The monoisotopic (exact) mass is 386 g/mol. The summed E-state index contributed by atoms with van der Waals surface area (Å²) in [5, 5.41) is 8.98. The van der Waals surface area contributed by atoms with E-state index in [9.17, 15) is 0 Å². The lowest BCUT2D eigenvalue weighted by molar-refractivity contribution is 0.409. The van der Waals surface area contributed by atoms with E-state index in [1.165, 1.54) is 4.88 Å². The number of hydrogen-bond acceptors (Lipinski definition) is 7. The Bertz CT molecular complexity index is 846. The van der Waals surface area contributed by atoms with Crippen LogP contribution in [-0.2, 0) is 5.41 Å². The molecular weight excluding hydrogens is 356 g/mol. The zero-order valence-electron chi connectivity index (χ0n) is 17.3. The van der Waals surface area contributed by atoms with Crippen LogP contribution in [0.15, 0.2) is 6.07 Å². The van der Waals surface area contributed by atoms with E-state index in [0.29, 0.717) is 19.0 Å². The smallest absolute Gasteiger partial charge is 0.227 e. The van der Waals surface area contributed by atoms with E-state index in [2.05, 4.69) is 61.7 Å². The molecule has 0 bridgehead atoms. The first kappa shape index (κ1) is 19.8. The van der Waals surface area contributed by atoms with Gasteiger partial charge in [-0.2, -0.15) is 10.2 Å². The molecule has 3 heterocycles. The van der Waals surface area contributed by atoms with Crippen LogP contribution in [0.1, 0.15) is 38.5 Å². The van der Waals surface area contributed by atoms with Crippen LogP contribution in [-0.4, -0.2) is 61.7 Å². The standard InChI is InChI=1S/C20H30N6S/c1-20(2,3)16-12-15-17(27-16)18(25(5)10-7-9-21)23-19(22-15)26(6)14-8-11-24(4)13-14/h12,14H,7-8,10-11,13H2,1-6H3/t14-/m0/s1. The molecule has 2 aromatic rings. The Morgan fingerprint density at radius 1 is 1.33 bits per heavy atom. The molecule has 1 fully saturated rings. The lowest BCUT2D eigenvalue weighted by Crippen LogP contribution is -2.35. The van der Waals surface area contributed by atoms with E-state index >= 15 is 0 Å². The van der Waals surface area contributed by atoms with Crippen LogP contribution >= 0.6 is 11.3 Å². The maximum Gasteiger partial charge on any atom is 0.227 e. The summed E-state index contributed by atoms with van der Waals surface area (Å²) in [4.78, 5) is 17.8. The first-order valence-electron chi connectivity index (χ1n) is 9.52. The summed E-state index contributed by atoms with van der Waals surface area (Å²) in [7, 11) is 6.28. The van der Waals surface area contributed by atoms with E-state index in [1.807, 2.05) is 7.05 Å². The second-order valence-corrected chi connectivity index (χ2v) is 9.62. The summed E-state index contributed by atoms with van der Waals surface area (Å²) >= 11 is 1.77. The van der Waals surface area contributed by atoms with Gasteiger partial charge in [0.1, 0.15) is 0 Å². The summed E-state index contributed by atoms with van der Waals surface area (Å²) < 4.78 is 1.11. The maximum absolute atomic E-state index is 8.98. The minimum absolute atomic E-state index is 0.0775. The van der Waals surface area contributed by atoms with Crippen LogP contribution in [0.5, 0.6) is 0 Å². The molecule has 0 aliphatic carbocycles. The fourth-order valence-corrected chi connectivity index (χ4v) is 4.60. The predicted molar refractivity (Wildman–Crippen MR) is 114 cm³/mol. The summed E-state index contributed by atoms with van der Waals surface area (Å²) in [5.41, 5.74) is 1.08. The number of likely N-dealkylation sites (tertiary alicyclic amines) is 1. The number of nitrogens with zero attached hydrogens (tertiary/aromatic N) is 6. The molecule has 7 heteroatoms. The molecule has 1 saturated heterocycles. The van der Waals surface area contributed by atoms with Crippen LogP contribution < -0.4 is 9.80 Å². The molecule has 0 radical (unpaired) electrons. The topological polar surface area (TPSA) is 59.3 Å². The summed E-state index contributed by atoms with van der Waals surface area (Å²) in [5.74, 6) is 1.71. The normalized spacial score (nSPS) is 18.0. The highest BCUT2D eigenvalue weighted by atomic mass is 32.1. The minimum Gasteiger partial charge on any atom is -0.357 e. The fourth-order valence-electron chi connectivity index (χ4n) is 3.40. The Morgan fingerprint density at radius 2 is 2.07 bits per heavy atom. The summed E-state index contributed by atoms with van der Waals surface area (Å²) in [6.45, 7) is 9.50. The number of thiophene rings is 1. The van der Waals surface area contributed by atoms with Gasteiger partial charge in [-0.05, 0) is 31.5 Å². The van der Waals surface area contributed by atoms with E-state index in [-0.39, 0.29) is 5.41 Å². The number of nitriles is 1. The lowest BCUT2D eigenvalue weighted by atomic mass is 9.95. The molecule has 0 aromatic carbocycles. The number of rotatable bonds is 5. The van der Waals surface area contributed by atoms with Gasteiger partial charge in [-0.1, -0.05) is 20.8 Å². The van der Waals surface area contributed by atoms with Crippen molar-refractivity contribution in [1.82, 2.24) is 14.9 Å². The Labute approximate surface area is 166 Å². The van der Waals surface area contributed by atoms with Crippen LogP contribution in [0.3, 0.4) is 0 Å². The van der Waals surface area contributed by atoms with E-state index in [4.69, 9.17) is 15.2 Å². The van der Waals surface area contributed by atoms with Gasteiger partial charge in [0.25, 0.3) is 0 Å². The number of aromatic nitrogens is 2. The van der Waals surface area contributed by atoms with Crippen molar-refractivity contribution >= 4 is 33.3 Å². The third kappa shape index (κ3) is 4.17. The molecule has 2 aromatic heterocycles. The summed E-state index contributed by atoms with van der Waals surface area (Å²) in [6, 6.07) is 4.88. The van der Waals surface area contributed by atoms with Gasteiger partial charge in [0.2, 0.25) is 5.95 Å². The van der Waals surface area contributed by atoms with Crippen molar-refractivity contribution in [3.8, 4) is 6.07 Å². The average Bonchev–Trinajstić information content (AvgIpc) is 3.23. The number of hydrogen-bond donors (Lipinski definition) is 0. The first-order chi connectivity index (χ1) is 12.7. The third-order valence-corrected chi connectivity index (χ3v) is 6.78. The Morgan fingerprint density at radius 3 is 2.67 bits per heavy atom. The lowest BCUT2D eigenvalue weighted by Gasteiger charge is -2.26. The Hall–Kier alpha value is -1.91. The second-order valence-electron chi connectivity index (χ2n) is 8.57. The van der Waals surface area contributed by atoms with Gasteiger partial charge in [0.05, 0.1) is 22.7 Å². The largest absolute Gasteiger partial charge is 0.357 e. The van der Waals surface area contributed by atoms with Gasteiger partial charge in [-0.3, -0.25) is 0 Å². The van der Waals surface area contributed by atoms with Crippen molar-refractivity contribution < 1.29 is 0 Å². The van der Waals surface area contributed by atoms with Gasteiger partial charge >= 0.3 is 0 Å². The van der Waals surface area contributed by atoms with Gasteiger partial charge < -0.3 is 14.7 Å². The quantitative estimate of drug-likeness (QED) is 0.784. The van der Waals surface area contributed by atoms with E-state index < -0.39 is 0 Å². The molecule has 27 heavy (non-hydrogen) atoms. The number of anilines is 2. The van der Waals surface area contributed by atoms with Crippen LogP contribution in [0, 0.1) is 11.3 Å². The van der Waals surface area contributed by atoms with Crippen molar-refractivity contribution in [3.63, 3.8) is 0 Å².